The molecule has 3 aromatic rings. The highest BCUT2D eigenvalue weighted by atomic mass is 79.9. The maximum atomic E-state index is 11.9. The summed E-state index contributed by atoms with van der Waals surface area (Å²) in [5.74, 6) is 0.500. The van der Waals surface area contributed by atoms with Gasteiger partial charge in [0.2, 0.25) is 5.13 Å². The van der Waals surface area contributed by atoms with E-state index in [4.69, 9.17) is 14.2 Å². The molecular formula is C23H24BrN3O4S. The van der Waals surface area contributed by atoms with Crippen LogP contribution in [0.1, 0.15) is 26.3 Å². The lowest BCUT2D eigenvalue weighted by molar-refractivity contribution is -0.150. The van der Waals surface area contributed by atoms with E-state index in [1.54, 1.807) is 26.1 Å². The van der Waals surface area contributed by atoms with Crippen molar-refractivity contribution in [3.63, 3.8) is 0 Å². The second-order valence-corrected chi connectivity index (χ2v) is 8.26. The van der Waals surface area contributed by atoms with Gasteiger partial charge in [0, 0.05) is 10.9 Å². The third-order valence-electron chi connectivity index (χ3n) is 4.19. The van der Waals surface area contributed by atoms with E-state index in [0.717, 1.165) is 16.8 Å². The Labute approximate surface area is 199 Å². The van der Waals surface area contributed by atoms with Gasteiger partial charge in [-0.3, -0.25) is 5.43 Å². The zero-order chi connectivity index (χ0) is 22.9. The van der Waals surface area contributed by atoms with E-state index < -0.39 is 12.1 Å². The fourth-order valence-electron chi connectivity index (χ4n) is 2.75. The molecule has 32 heavy (non-hydrogen) atoms. The average molecular weight is 518 g/mol. The monoisotopic (exact) mass is 517 g/mol. The molecule has 1 atom stereocenters. The molecule has 9 heteroatoms. The van der Waals surface area contributed by atoms with Crippen LogP contribution in [0.2, 0.25) is 0 Å². The van der Waals surface area contributed by atoms with Crippen molar-refractivity contribution in [1.82, 2.24) is 4.98 Å². The van der Waals surface area contributed by atoms with E-state index in [9.17, 15) is 4.79 Å². The Morgan fingerprint density at radius 3 is 2.75 bits per heavy atom. The molecule has 0 amide bonds. The van der Waals surface area contributed by atoms with Gasteiger partial charge in [-0.25, -0.2) is 9.78 Å². The zero-order valence-corrected chi connectivity index (χ0v) is 20.4. The van der Waals surface area contributed by atoms with Gasteiger partial charge in [0.1, 0.15) is 0 Å². The Bertz CT molecular complexity index is 1070. The number of nitrogens with zero attached hydrogens (tertiary/aromatic N) is 2. The fourth-order valence-corrected chi connectivity index (χ4v) is 3.97. The van der Waals surface area contributed by atoms with Crippen LogP contribution < -0.4 is 14.9 Å². The van der Waals surface area contributed by atoms with Crippen molar-refractivity contribution >= 4 is 44.6 Å². The van der Waals surface area contributed by atoms with Gasteiger partial charge in [-0.2, -0.15) is 5.10 Å². The summed E-state index contributed by atoms with van der Waals surface area (Å²) in [6.07, 6.45) is 0.894. The van der Waals surface area contributed by atoms with Gasteiger partial charge in [0.15, 0.2) is 17.6 Å². The number of carbonyl (C=O) groups excluding carboxylic acids is 1. The van der Waals surface area contributed by atoms with E-state index in [-0.39, 0.29) is 0 Å². The molecule has 0 aliphatic rings. The van der Waals surface area contributed by atoms with Crippen LogP contribution in [0, 0.1) is 0 Å². The molecule has 0 radical (unpaired) electrons. The van der Waals surface area contributed by atoms with Gasteiger partial charge in [-0.05, 0) is 54.4 Å². The number of anilines is 1. The molecular weight excluding hydrogens is 494 g/mol. The quantitative estimate of drug-likeness (QED) is 0.209. The number of thiazole rings is 1. The smallest absolute Gasteiger partial charge is 0.347 e. The summed E-state index contributed by atoms with van der Waals surface area (Å²) in [7, 11) is 0. The Hall–Kier alpha value is -2.91. The van der Waals surface area contributed by atoms with Crippen LogP contribution >= 0.6 is 27.3 Å². The first-order valence-electron chi connectivity index (χ1n) is 10.1. The average Bonchev–Trinajstić information content (AvgIpc) is 3.26. The van der Waals surface area contributed by atoms with Gasteiger partial charge in [0.05, 0.1) is 29.6 Å². The van der Waals surface area contributed by atoms with Gasteiger partial charge < -0.3 is 14.2 Å². The molecule has 7 nitrogen and oxygen atoms in total. The molecule has 3 rings (SSSR count). The van der Waals surface area contributed by atoms with Crippen LogP contribution in [0.25, 0.3) is 11.3 Å². The molecule has 1 unspecified atom stereocenters. The molecule has 1 N–H and O–H groups in total. The lowest BCUT2D eigenvalue weighted by Crippen LogP contribution is -2.26. The predicted octanol–water partition coefficient (Wildman–Crippen LogP) is 5.75. The summed E-state index contributed by atoms with van der Waals surface area (Å²) in [6.45, 7) is 6.00. The SMILES string of the molecule is CCOC(=O)C(C)Oc1c(Br)cc(C=NNc2nc(-c3ccccc3)cs2)cc1OCC. The molecule has 0 bridgehead atoms. The summed E-state index contributed by atoms with van der Waals surface area (Å²) in [4.78, 5) is 16.5. The molecule has 0 saturated heterocycles. The number of benzene rings is 2. The number of esters is 1. The Morgan fingerprint density at radius 1 is 1.25 bits per heavy atom. The molecule has 2 aromatic carbocycles. The molecule has 168 valence electrons. The summed E-state index contributed by atoms with van der Waals surface area (Å²) in [5.41, 5.74) is 5.69. The van der Waals surface area contributed by atoms with E-state index >= 15 is 0 Å². The van der Waals surface area contributed by atoms with E-state index in [1.807, 2.05) is 48.7 Å². The Morgan fingerprint density at radius 2 is 2.03 bits per heavy atom. The van der Waals surface area contributed by atoms with Crippen molar-refractivity contribution < 1.29 is 19.0 Å². The second kappa shape index (κ2) is 11.6. The van der Waals surface area contributed by atoms with Gasteiger partial charge in [0.25, 0.3) is 0 Å². The van der Waals surface area contributed by atoms with Crippen LogP contribution in [0.3, 0.4) is 0 Å². The maximum absolute atomic E-state index is 11.9. The predicted molar refractivity (Wildman–Crippen MR) is 131 cm³/mol. The van der Waals surface area contributed by atoms with Crippen LogP contribution in [0.4, 0.5) is 5.13 Å². The topological polar surface area (TPSA) is 82.0 Å². The van der Waals surface area contributed by atoms with Crippen molar-refractivity contribution in [2.45, 2.75) is 26.9 Å². The van der Waals surface area contributed by atoms with Crippen LogP contribution in [0.5, 0.6) is 11.5 Å². The number of hydrogen-bond acceptors (Lipinski definition) is 8. The number of hydrazone groups is 1. The van der Waals surface area contributed by atoms with Crippen LogP contribution in [-0.4, -0.2) is 36.5 Å². The standard InChI is InChI=1S/C23H24BrN3O4S/c1-4-29-20-12-16(11-18(24)21(20)31-15(3)22(28)30-5-2)13-25-27-23-26-19(14-32-23)17-9-7-6-8-10-17/h6-15H,4-5H2,1-3H3,(H,26,27). The summed E-state index contributed by atoms with van der Waals surface area (Å²) in [5, 5.41) is 6.95. The first-order valence-corrected chi connectivity index (χ1v) is 11.8. The van der Waals surface area contributed by atoms with Crippen LogP contribution in [0.15, 0.2) is 57.4 Å². The summed E-state index contributed by atoms with van der Waals surface area (Å²) < 4.78 is 17.2. The van der Waals surface area contributed by atoms with Gasteiger partial charge in [-0.15, -0.1) is 11.3 Å². The normalized spacial score (nSPS) is 11.9. The Kier molecular flexibility index (Phi) is 8.64. The van der Waals surface area contributed by atoms with Crippen molar-refractivity contribution in [1.29, 1.82) is 0 Å². The molecule has 0 spiro atoms. The number of rotatable bonds is 10. The highest BCUT2D eigenvalue weighted by molar-refractivity contribution is 9.10. The minimum Gasteiger partial charge on any atom is -0.490 e. The number of aromatic nitrogens is 1. The van der Waals surface area contributed by atoms with Gasteiger partial charge in [-0.1, -0.05) is 30.3 Å². The third-order valence-corrected chi connectivity index (χ3v) is 5.53. The zero-order valence-electron chi connectivity index (χ0n) is 18.0. The highest BCUT2D eigenvalue weighted by Gasteiger charge is 2.20. The van der Waals surface area contributed by atoms with Crippen molar-refractivity contribution in [2.24, 2.45) is 5.10 Å². The number of nitrogens with one attached hydrogen (secondary N) is 1. The first kappa shape index (κ1) is 23.7. The minimum absolute atomic E-state index is 0.292. The van der Waals surface area contributed by atoms with E-state index in [2.05, 4.69) is 31.4 Å². The number of halogens is 1. The molecule has 0 saturated carbocycles. The summed E-state index contributed by atoms with van der Waals surface area (Å²) >= 11 is 4.98. The van der Waals surface area contributed by atoms with E-state index in [0.29, 0.717) is 34.3 Å². The highest BCUT2D eigenvalue weighted by Crippen LogP contribution is 2.37. The van der Waals surface area contributed by atoms with Crippen molar-refractivity contribution in [3.05, 3.63) is 57.9 Å². The maximum Gasteiger partial charge on any atom is 0.347 e. The molecule has 1 aromatic heterocycles. The number of ether oxygens (including phenoxy) is 3. The van der Waals surface area contributed by atoms with Crippen molar-refractivity contribution in [2.75, 3.05) is 18.6 Å². The molecule has 0 aliphatic carbocycles. The van der Waals surface area contributed by atoms with E-state index in [1.165, 1.54) is 11.3 Å². The third kappa shape index (κ3) is 6.30. The van der Waals surface area contributed by atoms with Gasteiger partial charge >= 0.3 is 5.97 Å². The minimum atomic E-state index is -0.768. The lowest BCUT2D eigenvalue weighted by atomic mass is 10.2. The van der Waals surface area contributed by atoms with Crippen LogP contribution in [-0.2, 0) is 9.53 Å². The number of carbonyl (C=O) groups is 1. The fraction of sp³-hybridized carbons (Fsp3) is 0.261. The Balaban J connectivity index is 1.72. The molecule has 0 fully saturated rings. The molecule has 0 aliphatic heterocycles. The first-order chi connectivity index (χ1) is 15.5. The number of hydrogen-bond donors (Lipinski definition) is 1. The molecule has 1 heterocycles. The van der Waals surface area contributed by atoms with Crippen molar-refractivity contribution in [3.8, 4) is 22.8 Å². The lowest BCUT2D eigenvalue weighted by Gasteiger charge is -2.18. The second-order valence-electron chi connectivity index (χ2n) is 6.55. The summed E-state index contributed by atoms with van der Waals surface area (Å²) in [6, 6.07) is 13.6. The largest absolute Gasteiger partial charge is 0.490 e.